The van der Waals surface area contributed by atoms with Gasteiger partial charge in [0.25, 0.3) is 0 Å². The van der Waals surface area contributed by atoms with E-state index in [1.807, 2.05) is 0 Å². The molecule has 0 aromatic heterocycles. The molecule has 0 radical (unpaired) electrons. The Kier molecular flexibility index (Phi) is 4.54. The molecule has 4 heteroatoms. The molecule has 3 aliphatic rings. The van der Waals surface area contributed by atoms with Crippen LogP contribution in [0.4, 0.5) is 0 Å². The van der Waals surface area contributed by atoms with E-state index < -0.39 is 0 Å². The Morgan fingerprint density at radius 1 is 1.17 bits per heavy atom. The minimum atomic E-state index is 0. The van der Waals surface area contributed by atoms with Crippen molar-refractivity contribution < 1.29 is 4.79 Å². The van der Waals surface area contributed by atoms with Gasteiger partial charge in [0, 0.05) is 19.6 Å². The summed E-state index contributed by atoms with van der Waals surface area (Å²) in [6.07, 6.45) is 9.20. The van der Waals surface area contributed by atoms with Crippen molar-refractivity contribution >= 4 is 18.3 Å². The van der Waals surface area contributed by atoms with Gasteiger partial charge in [0.1, 0.15) is 0 Å². The van der Waals surface area contributed by atoms with Gasteiger partial charge in [-0.2, -0.15) is 0 Å². The normalized spacial score (nSPS) is 30.4. The van der Waals surface area contributed by atoms with Crippen molar-refractivity contribution in [2.45, 2.75) is 44.9 Å². The molecule has 2 saturated heterocycles. The van der Waals surface area contributed by atoms with E-state index >= 15 is 0 Å². The number of rotatable bonds is 1. The summed E-state index contributed by atoms with van der Waals surface area (Å²) in [5, 5.41) is 3.30. The second kappa shape index (κ2) is 5.79. The molecule has 1 spiro atoms. The highest BCUT2D eigenvalue weighted by Crippen LogP contribution is 2.44. The van der Waals surface area contributed by atoms with E-state index in [2.05, 4.69) is 10.2 Å². The predicted molar refractivity (Wildman–Crippen MR) is 74.9 cm³/mol. The van der Waals surface area contributed by atoms with Crippen LogP contribution in [0, 0.1) is 11.3 Å². The van der Waals surface area contributed by atoms with Crippen molar-refractivity contribution in [2.75, 3.05) is 26.2 Å². The molecule has 0 aromatic rings. The number of amides is 1. The zero-order valence-electron chi connectivity index (χ0n) is 11.1. The molecule has 1 aliphatic carbocycles. The first kappa shape index (κ1) is 14.1. The molecule has 0 bridgehead atoms. The van der Waals surface area contributed by atoms with Gasteiger partial charge < -0.3 is 10.2 Å². The Labute approximate surface area is 116 Å². The van der Waals surface area contributed by atoms with Crippen LogP contribution in [0.5, 0.6) is 0 Å². The Balaban J connectivity index is 0.00000120. The number of hydrogen-bond donors (Lipinski definition) is 1. The first-order valence-corrected chi connectivity index (χ1v) is 7.29. The molecule has 1 N–H and O–H groups in total. The van der Waals surface area contributed by atoms with Crippen LogP contribution in [0.1, 0.15) is 44.9 Å². The number of carbonyl (C=O) groups excluding carboxylic acids is 1. The largest absolute Gasteiger partial charge is 0.342 e. The monoisotopic (exact) mass is 272 g/mol. The van der Waals surface area contributed by atoms with E-state index in [0.29, 0.717) is 11.3 Å². The quantitative estimate of drug-likeness (QED) is 0.794. The summed E-state index contributed by atoms with van der Waals surface area (Å²) >= 11 is 0. The highest BCUT2D eigenvalue weighted by molar-refractivity contribution is 5.85. The maximum atomic E-state index is 12.4. The van der Waals surface area contributed by atoms with Crippen LogP contribution < -0.4 is 5.32 Å². The number of nitrogens with zero attached hydrogens (tertiary/aromatic N) is 1. The van der Waals surface area contributed by atoms with Gasteiger partial charge in [0.2, 0.25) is 5.91 Å². The smallest absolute Gasteiger partial charge is 0.227 e. The minimum Gasteiger partial charge on any atom is -0.342 e. The molecular weight excluding hydrogens is 248 g/mol. The van der Waals surface area contributed by atoms with Gasteiger partial charge in [-0.15, -0.1) is 12.4 Å². The third-order valence-corrected chi connectivity index (χ3v) is 5.07. The number of hydrogen-bond acceptors (Lipinski definition) is 2. The van der Waals surface area contributed by atoms with E-state index in [0.717, 1.165) is 32.6 Å². The summed E-state index contributed by atoms with van der Waals surface area (Å²) in [6, 6.07) is 0. The minimum absolute atomic E-state index is 0. The zero-order valence-corrected chi connectivity index (χ0v) is 11.9. The lowest BCUT2D eigenvalue weighted by Crippen LogP contribution is -2.37. The Bertz CT molecular complexity index is 296. The molecule has 3 fully saturated rings. The van der Waals surface area contributed by atoms with E-state index in [9.17, 15) is 4.79 Å². The third-order valence-electron chi connectivity index (χ3n) is 5.07. The zero-order chi connectivity index (χ0) is 11.7. The van der Waals surface area contributed by atoms with Gasteiger partial charge in [0.05, 0.1) is 5.92 Å². The standard InChI is InChI=1S/C14H24N2O.ClH/c17-13(12-4-8-15-10-12)16-9-7-14(11-16)5-2-1-3-6-14;/h12,15H,1-11H2;1H. The molecule has 18 heavy (non-hydrogen) atoms. The van der Waals surface area contributed by atoms with Crippen molar-refractivity contribution in [2.24, 2.45) is 11.3 Å². The van der Waals surface area contributed by atoms with Gasteiger partial charge in [-0.05, 0) is 37.6 Å². The van der Waals surface area contributed by atoms with Crippen LogP contribution in [-0.2, 0) is 4.79 Å². The second-order valence-corrected chi connectivity index (χ2v) is 6.26. The van der Waals surface area contributed by atoms with E-state index in [4.69, 9.17) is 0 Å². The fourth-order valence-corrected chi connectivity index (χ4v) is 3.96. The average molecular weight is 273 g/mol. The maximum Gasteiger partial charge on any atom is 0.227 e. The van der Waals surface area contributed by atoms with Crippen LogP contribution in [0.3, 0.4) is 0 Å². The van der Waals surface area contributed by atoms with Crippen LogP contribution in [0.25, 0.3) is 0 Å². The number of nitrogens with one attached hydrogen (secondary N) is 1. The van der Waals surface area contributed by atoms with E-state index in [1.165, 1.54) is 38.5 Å². The van der Waals surface area contributed by atoms with Crippen molar-refractivity contribution in [1.82, 2.24) is 10.2 Å². The molecular formula is C14H25ClN2O. The lowest BCUT2D eigenvalue weighted by Gasteiger charge is -2.33. The number of likely N-dealkylation sites (tertiary alicyclic amines) is 1. The van der Waals surface area contributed by atoms with Crippen molar-refractivity contribution in [3.05, 3.63) is 0 Å². The van der Waals surface area contributed by atoms with E-state index in [-0.39, 0.29) is 18.3 Å². The van der Waals surface area contributed by atoms with Crippen LogP contribution in [0.15, 0.2) is 0 Å². The highest BCUT2D eigenvalue weighted by Gasteiger charge is 2.41. The van der Waals surface area contributed by atoms with Gasteiger partial charge in [-0.1, -0.05) is 19.3 Å². The number of carbonyl (C=O) groups is 1. The molecule has 0 aromatic carbocycles. The molecule has 3 rings (SSSR count). The van der Waals surface area contributed by atoms with E-state index in [1.54, 1.807) is 0 Å². The Morgan fingerprint density at radius 2 is 1.94 bits per heavy atom. The van der Waals surface area contributed by atoms with Gasteiger partial charge in [0.15, 0.2) is 0 Å². The van der Waals surface area contributed by atoms with Gasteiger partial charge in [-0.25, -0.2) is 0 Å². The van der Waals surface area contributed by atoms with Gasteiger partial charge >= 0.3 is 0 Å². The van der Waals surface area contributed by atoms with Gasteiger partial charge in [-0.3, -0.25) is 4.79 Å². The molecule has 2 heterocycles. The summed E-state index contributed by atoms with van der Waals surface area (Å²) in [4.78, 5) is 14.5. The molecule has 1 saturated carbocycles. The van der Waals surface area contributed by atoms with Crippen molar-refractivity contribution in [3.8, 4) is 0 Å². The molecule has 1 unspecified atom stereocenters. The maximum absolute atomic E-state index is 12.4. The summed E-state index contributed by atoms with van der Waals surface area (Å²) in [5.74, 6) is 0.700. The Hall–Kier alpha value is -0.280. The topological polar surface area (TPSA) is 32.3 Å². The summed E-state index contributed by atoms with van der Waals surface area (Å²) in [5.41, 5.74) is 0.514. The third kappa shape index (κ3) is 2.67. The Morgan fingerprint density at radius 3 is 2.61 bits per heavy atom. The first-order chi connectivity index (χ1) is 8.29. The van der Waals surface area contributed by atoms with Crippen molar-refractivity contribution in [1.29, 1.82) is 0 Å². The predicted octanol–water partition coefficient (Wildman–Crippen LogP) is 2.20. The van der Waals surface area contributed by atoms with Crippen LogP contribution in [-0.4, -0.2) is 37.0 Å². The summed E-state index contributed by atoms with van der Waals surface area (Å²) in [6.45, 7) is 4.01. The number of halogens is 1. The second-order valence-electron chi connectivity index (χ2n) is 6.26. The molecule has 1 amide bonds. The van der Waals surface area contributed by atoms with Crippen LogP contribution in [0.2, 0.25) is 0 Å². The average Bonchev–Trinajstić information content (AvgIpc) is 2.99. The lowest BCUT2D eigenvalue weighted by molar-refractivity contribution is -0.134. The molecule has 104 valence electrons. The fraction of sp³-hybridized carbons (Fsp3) is 0.929. The fourth-order valence-electron chi connectivity index (χ4n) is 3.96. The summed E-state index contributed by atoms with van der Waals surface area (Å²) in [7, 11) is 0. The summed E-state index contributed by atoms with van der Waals surface area (Å²) < 4.78 is 0. The van der Waals surface area contributed by atoms with Crippen LogP contribution >= 0.6 is 12.4 Å². The lowest BCUT2D eigenvalue weighted by atomic mass is 9.73. The molecule has 2 aliphatic heterocycles. The first-order valence-electron chi connectivity index (χ1n) is 7.29. The molecule has 3 nitrogen and oxygen atoms in total. The highest BCUT2D eigenvalue weighted by atomic mass is 35.5. The SMILES string of the molecule is Cl.O=C(C1CCNC1)N1CCC2(CCCCC2)C1. The van der Waals surface area contributed by atoms with Crippen molar-refractivity contribution in [3.63, 3.8) is 0 Å². The molecule has 1 atom stereocenters.